The fourth-order valence-electron chi connectivity index (χ4n) is 2.86. The third-order valence-corrected chi connectivity index (χ3v) is 4.00. The average Bonchev–Trinajstić information content (AvgIpc) is 2.50. The number of cyclic esters (lactones) is 1. The lowest BCUT2D eigenvalue weighted by molar-refractivity contribution is -0.265. The Morgan fingerprint density at radius 3 is 2.35 bits per heavy atom. The largest absolute Gasteiger partial charge is 0.453 e. The summed E-state index contributed by atoms with van der Waals surface area (Å²) >= 11 is 0. The zero-order valence-electron chi connectivity index (χ0n) is 12.5. The number of fused-ring (bicyclic) bond motifs is 1. The van der Waals surface area contributed by atoms with Crippen LogP contribution in [-0.4, -0.2) is 19.2 Å². The third kappa shape index (κ3) is 2.17. The number of hydrogen-bond acceptors (Lipinski definition) is 3. The number of esters is 1. The topological polar surface area (TPSA) is 29.5 Å². The van der Waals surface area contributed by atoms with Gasteiger partial charge in [-0.15, -0.1) is 0 Å². The van der Waals surface area contributed by atoms with Crippen LogP contribution in [-0.2, 0) is 10.5 Å². The molecule has 120 valence electrons. The first kappa shape index (κ1) is 15.4. The summed E-state index contributed by atoms with van der Waals surface area (Å²) in [6.45, 7) is 1.76. The molecule has 1 atom stereocenters. The van der Waals surface area contributed by atoms with Gasteiger partial charge < -0.3 is 9.64 Å². The van der Waals surface area contributed by atoms with Gasteiger partial charge in [0, 0.05) is 12.6 Å². The van der Waals surface area contributed by atoms with E-state index in [2.05, 4.69) is 0 Å². The van der Waals surface area contributed by atoms with Crippen molar-refractivity contribution in [2.24, 2.45) is 0 Å². The smallest absolute Gasteiger partial charge is 0.421 e. The van der Waals surface area contributed by atoms with Gasteiger partial charge in [-0.2, -0.15) is 13.2 Å². The quantitative estimate of drug-likeness (QED) is 0.743. The van der Waals surface area contributed by atoms with Crippen molar-refractivity contribution in [1.82, 2.24) is 0 Å². The standard InChI is InChI=1S/C17H14F3NO2/c1-11-8-9-14-13(10-11)15(22)23-16(21(14)2,17(18,19)20)12-6-4-3-5-7-12/h3-10H,1-2H3/t16-/m0/s1. The van der Waals surface area contributed by atoms with Crippen LogP contribution in [0.2, 0.25) is 0 Å². The molecule has 2 aromatic rings. The highest BCUT2D eigenvalue weighted by Gasteiger charge is 2.65. The van der Waals surface area contributed by atoms with Crippen LogP contribution in [0.25, 0.3) is 0 Å². The number of rotatable bonds is 1. The molecule has 0 aliphatic carbocycles. The lowest BCUT2D eigenvalue weighted by Gasteiger charge is -2.46. The van der Waals surface area contributed by atoms with Gasteiger partial charge in [0.05, 0.1) is 11.3 Å². The van der Waals surface area contributed by atoms with Crippen LogP contribution in [0.4, 0.5) is 18.9 Å². The summed E-state index contributed by atoms with van der Waals surface area (Å²) in [6.07, 6.45) is -4.80. The Morgan fingerprint density at radius 2 is 1.74 bits per heavy atom. The second-order valence-electron chi connectivity index (χ2n) is 5.48. The van der Waals surface area contributed by atoms with Crippen molar-refractivity contribution >= 4 is 11.7 Å². The van der Waals surface area contributed by atoms with Crippen LogP contribution in [0.1, 0.15) is 21.5 Å². The normalized spacial score (nSPS) is 20.9. The van der Waals surface area contributed by atoms with Gasteiger partial charge in [0.15, 0.2) is 0 Å². The zero-order chi connectivity index (χ0) is 16.8. The molecule has 0 saturated carbocycles. The summed E-state index contributed by atoms with van der Waals surface area (Å²) in [5.41, 5.74) is -1.90. The number of nitrogens with zero attached hydrogens (tertiary/aromatic N) is 1. The van der Waals surface area contributed by atoms with Crippen LogP contribution >= 0.6 is 0 Å². The van der Waals surface area contributed by atoms with Crippen LogP contribution < -0.4 is 4.90 Å². The number of ether oxygens (including phenoxy) is 1. The molecular weight excluding hydrogens is 307 g/mol. The van der Waals surface area contributed by atoms with Gasteiger partial charge >= 0.3 is 17.9 Å². The van der Waals surface area contributed by atoms with Gasteiger partial charge in [-0.1, -0.05) is 42.0 Å². The molecule has 1 heterocycles. The van der Waals surface area contributed by atoms with Gasteiger partial charge in [0.25, 0.3) is 0 Å². The summed E-state index contributed by atoms with van der Waals surface area (Å²) in [5, 5.41) is 0. The Hall–Kier alpha value is -2.50. The molecule has 0 bridgehead atoms. The van der Waals surface area contributed by atoms with E-state index >= 15 is 0 Å². The summed E-state index contributed by atoms with van der Waals surface area (Å²) in [5.74, 6) is -0.983. The first-order valence-electron chi connectivity index (χ1n) is 6.97. The molecule has 1 aliphatic heterocycles. The van der Waals surface area contributed by atoms with Crippen molar-refractivity contribution in [3.8, 4) is 0 Å². The number of anilines is 1. The summed E-state index contributed by atoms with van der Waals surface area (Å²) < 4.78 is 46.9. The summed E-state index contributed by atoms with van der Waals surface area (Å²) in [7, 11) is 1.28. The lowest BCUT2D eigenvalue weighted by atomic mass is 9.95. The molecule has 0 amide bonds. The number of alkyl halides is 3. The van der Waals surface area contributed by atoms with Crippen LogP contribution in [0.5, 0.6) is 0 Å². The minimum absolute atomic E-state index is 0.128. The van der Waals surface area contributed by atoms with Crippen LogP contribution in [0.15, 0.2) is 48.5 Å². The minimum Gasteiger partial charge on any atom is -0.421 e. The molecular formula is C17H14F3NO2. The second kappa shape index (κ2) is 5.01. The van der Waals surface area contributed by atoms with E-state index in [-0.39, 0.29) is 16.8 Å². The SMILES string of the molecule is Cc1ccc2c(c1)C(=O)O[C@@](c1ccccc1)(C(F)(F)F)N2C. The van der Waals surface area contributed by atoms with Gasteiger partial charge in [0.1, 0.15) is 0 Å². The first-order chi connectivity index (χ1) is 10.8. The molecule has 0 spiro atoms. The van der Waals surface area contributed by atoms with Crippen molar-refractivity contribution in [3.05, 3.63) is 65.2 Å². The Kier molecular flexibility index (Phi) is 3.35. The first-order valence-corrected chi connectivity index (χ1v) is 6.97. The van der Waals surface area contributed by atoms with E-state index in [1.54, 1.807) is 19.1 Å². The lowest BCUT2D eigenvalue weighted by Crippen LogP contribution is -2.60. The Morgan fingerprint density at radius 1 is 1.09 bits per heavy atom. The molecule has 1 aliphatic rings. The van der Waals surface area contributed by atoms with Crippen LogP contribution in [0, 0.1) is 6.92 Å². The molecule has 0 unspecified atom stereocenters. The number of carbonyl (C=O) groups is 1. The van der Waals surface area contributed by atoms with Gasteiger partial charge in [-0.3, -0.25) is 0 Å². The number of benzene rings is 2. The highest BCUT2D eigenvalue weighted by molar-refractivity contribution is 5.98. The molecule has 0 aromatic heterocycles. The van der Waals surface area contributed by atoms with Crippen molar-refractivity contribution in [3.63, 3.8) is 0 Å². The van der Waals surface area contributed by atoms with E-state index < -0.39 is 17.9 Å². The molecule has 2 aromatic carbocycles. The Labute approximate surface area is 131 Å². The maximum atomic E-state index is 14.0. The number of aryl methyl sites for hydroxylation is 1. The number of hydrogen-bond donors (Lipinski definition) is 0. The molecule has 0 radical (unpaired) electrons. The third-order valence-electron chi connectivity index (χ3n) is 4.00. The predicted molar refractivity (Wildman–Crippen MR) is 79.2 cm³/mol. The monoisotopic (exact) mass is 321 g/mol. The second-order valence-corrected chi connectivity index (χ2v) is 5.48. The molecule has 23 heavy (non-hydrogen) atoms. The summed E-state index contributed by atoms with van der Waals surface area (Å²) in [4.78, 5) is 13.2. The number of carbonyl (C=O) groups excluding carboxylic acids is 1. The molecule has 6 heteroatoms. The fraction of sp³-hybridized carbons (Fsp3) is 0.235. The van der Waals surface area contributed by atoms with Crippen molar-refractivity contribution in [1.29, 1.82) is 0 Å². The number of halogens is 3. The molecule has 3 nitrogen and oxygen atoms in total. The van der Waals surface area contributed by atoms with Crippen molar-refractivity contribution in [2.75, 3.05) is 11.9 Å². The van der Waals surface area contributed by atoms with Gasteiger partial charge in [0.2, 0.25) is 0 Å². The minimum atomic E-state index is -4.80. The highest BCUT2D eigenvalue weighted by atomic mass is 19.4. The van der Waals surface area contributed by atoms with E-state index in [4.69, 9.17) is 4.74 Å². The maximum absolute atomic E-state index is 14.0. The van der Waals surface area contributed by atoms with E-state index in [1.165, 1.54) is 43.4 Å². The Bertz CT molecular complexity index is 758. The fourth-order valence-corrected chi connectivity index (χ4v) is 2.86. The molecule has 0 saturated heterocycles. The van der Waals surface area contributed by atoms with Crippen LogP contribution in [0.3, 0.4) is 0 Å². The van der Waals surface area contributed by atoms with E-state index in [0.29, 0.717) is 0 Å². The van der Waals surface area contributed by atoms with E-state index in [0.717, 1.165) is 10.5 Å². The summed E-state index contributed by atoms with van der Waals surface area (Å²) in [6, 6.07) is 11.9. The van der Waals surface area contributed by atoms with Gasteiger partial charge in [-0.05, 0) is 19.1 Å². The van der Waals surface area contributed by atoms with Crippen molar-refractivity contribution < 1.29 is 22.7 Å². The molecule has 0 fully saturated rings. The highest BCUT2D eigenvalue weighted by Crippen LogP contribution is 2.49. The van der Waals surface area contributed by atoms with Gasteiger partial charge in [-0.25, -0.2) is 4.79 Å². The molecule has 0 N–H and O–H groups in total. The Balaban J connectivity index is 2.27. The average molecular weight is 321 g/mol. The van der Waals surface area contributed by atoms with Crippen molar-refractivity contribution in [2.45, 2.75) is 18.8 Å². The van der Waals surface area contributed by atoms with E-state index in [9.17, 15) is 18.0 Å². The van der Waals surface area contributed by atoms with E-state index in [1.807, 2.05) is 0 Å². The maximum Gasteiger partial charge on any atom is 0.453 e. The zero-order valence-corrected chi connectivity index (χ0v) is 12.5. The molecule has 3 rings (SSSR count). The predicted octanol–water partition coefficient (Wildman–Crippen LogP) is 4.02.